The van der Waals surface area contributed by atoms with Gasteiger partial charge in [-0.15, -0.1) is 0 Å². The van der Waals surface area contributed by atoms with Crippen molar-refractivity contribution < 1.29 is 18.7 Å². The second-order valence-electron chi connectivity index (χ2n) is 7.41. The van der Waals surface area contributed by atoms with Crippen molar-refractivity contribution in [3.05, 3.63) is 59.7 Å². The predicted molar refractivity (Wildman–Crippen MR) is 110 cm³/mol. The normalized spacial score (nSPS) is 16.5. The van der Waals surface area contributed by atoms with Crippen LogP contribution in [0.1, 0.15) is 32.0 Å². The molecule has 1 aliphatic rings. The lowest BCUT2D eigenvalue weighted by molar-refractivity contribution is 0.0769. The number of benzene rings is 1. The van der Waals surface area contributed by atoms with Crippen LogP contribution < -0.4 is 10.5 Å². The Kier molecular flexibility index (Phi) is 6.36. The van der Waals surface area contributed by atoms with Gasteiger partial charge in [0.1, 0.15) is 6.61 Å². The van der Waals surface area contributed by atoms with Crippen molar-refractivity contribution in [2.45, 2.75) is 33.5 Å². The molecule has 29 heavy (non-hydrogen) atoms. The lowest BCUT2D eigenvalue weighted by Crippen LogP contribution is -2.39. The van der Waals surface area contributed by atoms with E-state index >= 15 is 0 Å². The van der Waals surface area contributed by atoms with Gasteiger partial charge in [0.25, 0.3) is 0 Å². The molecule has 0 saturated heterocycles. The van der Waals surface area contributed by atoms with Gasteiger partial charge < -0.3 is 20.1 Å². The Hall–Kier alpha value is -3.09. The number of anilines is 1. The van der Waals surface area contributed by atoms with E-state index in [0.29, 0.717) is 24.5 Å². The molecule has 0 aliphatic carbocycles. The lowest BCUT2D eigenvalue weighted by Gasteiger charge is -2.31. The molecular weight excluding hydrogens is 373 g/mol. The van der Waals surface area contributed by atoms with E-state index in [4.69, 9.17) is 15.2 Å². The molecule has 2 heterocycles. The number of carbonyl (C=O) groups is 1. The van der Waals surface area contributed by atoms with Crippen LogP contribution in [-0.4, -0.2) is 35.2 Å². The van der Waals surface area contributed by atoms with Crippen LogP contribution in [-0.2, 0) is 11.3 Å². The highest BCUT2D eigenvalue weighted by atomic mass is 19.1. The number of pyridine rings is 1. The summed E-state index contributed by atoms with van der Waals surface area (Å²) >= 11 is 0. The van der Waals surface area contributed by atoms with Crippen LogP contribution in [0.5, 0.6) is 5.75 Å². The highest BCUT2D eigenvalue weighted by Gasteiger charge is 2.25. The van der Waals surface area contributed by atoms with E-state index in [-0.39, 0.29) is 30.5 Å². The molecule has 7 heteroatoms. The maximum Gasteiger partial charge on any atom is 0.410 e. The van der Waals surface area contributed by atoms with Crippen molar-refractivity contribution in [3.8, 4) is 5.75 Å². The maximum atomic E-state index is 13.8. The van der Waals surface area contributed by atoms with Crippen LogP contribution in [0.2, 0.25) is 0 Å². The molecule has 0 spiro atoms. The van der Waals surface area contributed by atoms with Gasteiger partial charge in [-0.05, 0) is 49.1 Å². The number of halogens is 1. The summed E-state index contributed by atoms with van der Waals surface area (Å²) in [6, 6.07) is 8.14. The first-order valence-electron chi connectivity index (χ1n) is 9.62. The summed E-state index contributed by atoms with van der Waals surface area (Å²) in [5.74, 6) is -0.193. The Labute approximate surface area is 170 Å². The van der Waals surface area contributed by atoms with Gasteiger partial charge in [-0.3, -0.25) is 4.98 Å². The molecule has 0 saturated carbocycles. The SMILES string of the molecule is CC(C)OC(=O)N1CC=C(c2ccc(COc3ccc(N)cc3F)nc2)C(C)C1. The molecule has 2 N–H and O–H groups in total. The minimum absolute atomic E-state index is 0.135. The number of hydrogen-bond acceptors (Lipinski definition) is 5. The number of carbonyl (C=O) groups excluding carboxylic acids is 1. The Morgan fingerprint density at radius 2 is 2.14 bits per heavy atom. The average molecular weight is 399 g/mol. The van der Waals surface area contributed by atoms with Gasteiger partial charge >= 0.3 is 6.09 Å². The quantitative estimate of drug-likeness (QED) is 0.760. The van der Waals surface area contributed by atoms with Gasteiger partial charge in [0.15, 0.2) is 11.6 Å². The van der Waals surface area contributed by atoms with Gasteiger partial charge in [0.2, 0.25) is 0 Å². The van der Waals surface area contributed by atoms with Gasteiger partial charge in [0.05, 0.1) is 11.8 Å². The fourth-order valence-electron chi connectivity index (χ4n) is 3.21. The van der Waals surface area contributed by atoms with E-state index in [0.717, 1.165) is 11.1 Å². The van der Waals surface area contributed by atoms with Gasteiger partial charge in [0, 0.05) is 31.0 Å². The van der Waals surface area contributed by atoms with E-state index in [1.54, 1.807) is 17.2 Å². The largest absolute Gasteiger partial charge is 0.484 e. The van der Waals surface area contributed by atoms with Crippen molar-refractivity contribution in [2.75, 3.05) is 18.8 Å². The molecule has 1 aliphatic heterocycles. The number of nitrogen functional groups attached to an aromatic ring is 1. The molecular formula is C22H26FN3O3. The van der Waals surface area contributed by atoms with Gasteiger partial charge in [-0.25, -0.2) is 9.18 Å². The van der Waals surface area contributed by atoms with E-state index in [1.807, 2.05) is 32.1 Å². The summed E-state index contributed by atoms with van der Waals surface area (Å²) in [5.41, 5.74) is 8.72. The van der Waals surface area contributed by atoms with Gasteiger partial charge in [-0.2, -0.15) is 0 Å². The van der Waals surface area contributed by atoms with Crippen molar-refractivity contribution in [3.63, 3.8) is 0 Å². The molecule has 1 amide bonds. The molecule has 154 valence electrons. The number of ether oxygens (including phenoxy) is 2. The van der Waals surface area contributed by atoms with Crippen molar-refractivity contribution in [1.82, 2.24) is 9.88 Å². The average Bonchev–Trinajstić information content (AvgIpc) is 2.67. The Bertz CT molecular complexity index is 897. The van der Waals surface area contributed by atoms with Gasteiger partial charge in [-0.1, -0.05) is 19.1 Å². The Balaban J connectivity index is 1.62. The van der Waals surface area contributed by atoms with Crippen molar-refractivity contribution in [2.24, 2.45) is 5.92 Å². The number of rotatable bonds is 5. The summed E-state index contributed by atoms with van der Waals surface area (Å²) in [5, 5.41) is 0. The van der Waals surface area contributed by atoms with E-state index in [9.17, 15) is 9.18 Å². The number of aromatic nitrogens is 1. The summed E-state index contributed by atoms with van der Waals surface area (Å²) in [6.45, 7) is 7.01. The predicted octanol–water partition coefficient (Wildman–Crippen LogP) is 4.26. The second kappa shape index (κ2) is 8.94. The number of hydrogen-bond donors (Lipinski definition) is 1. The Morgan fingerprint density at radius 3 is 2.76 bits per heavy atom. The first-order chi connectivity index (χ1) is 13.8. The van der Waals surface area contributed by atoms with Crippen LogP contribution >= 0.6 is 0 Å². The molecule has 2 aromatic rings. The highest BCUT2D eigenvalue weighted by molar-refractivity contribution is 5.73. The minimum atomic E-state index is -0.497. The smallest absolute Gasteiger partial charge is 0.410 e. The fourth-order valence-corrected chi connectivity index (χ4v) is 3.21. The standard InChI is InChI=1S/C22H26FN3O3/c1-14(2)29-22(27)26-9-8-19(15(3)12-26)16-4-6-18(25-11-16)13-28-21-7-5-17(24)10-20(21)23/h4-8,10-11,14-15H,9,12-13,24H2,1-3H3. The zero-order valence-corrected chi connectivity index (χ0v) is 16.9. The zero-order valence-electron chi connectivity index (χ0n) is 16.9. The number of nitrogens with two attached hydrogens (primary N) is 1. The monoisotopic (exact) mass is 399 g/mol. The third kappa shape index (κ3) is 5.25. The van der Waals surface area contributed by atoms with Crippen LogP contribution in [0.4, 0.5) is 14.9 Å². The Morgan fingerprint density at radius 1 is 1.34 bits per heavy atom. The molecule has 6 nitrogen and oxygen atoms in total. The molecule has 1 aromatic carbocycles. The number of nitrogens with zero attached hydrogens (tertiary/aromatic N) is 2. The summed E-state index contributed by atoms with van der Waals surface area (Å²) < 4.78 is 24.6. The van der Waals surface area contributed by atoms with Crippen LogP contribution in [0.15, 0.2) is 42.6 Å². The van der Waals surface area contributed by atoms with Crippen LogP contribution in [0, 0.1) is 11.7 Å². The first-order valence-corrected chi connectivity index (χ1v) is 9.62. The molecule has 1 unspecified atom stereocenters. The molecule has 1 atom stereocenters. The molecule has 0 fully saturated rings. The van der Waals surface area contributed by atoms with Crippen LogP contribution in [0.3, 0.4) is 0 Å². The van der Waals surface area contributed by atoms with Crippen molar-refractivity contribution >= 4 is 17.4 Å². The first kappa shape index (κ1) is 20.6. The second-order valence-corrected chi connectivity index (χ2v) is 7.41. The topological polar surface area (TPSA) is 77.7 Å². The summed E-state index contributed by atoms with van der Waals surface area (Å²) in [6.07, 6.45) is 3.39. The van der Waals surface area contributed by atoms with E-state index in [2.05, 4.69) is 11.9 Å². The molecule has 0 radical (unpaired) electrons. The van der Waals surface area contributed by atoms with Crippen molar-refractivity contribution in [1.29, 1.82) is 0 Å². The van der Waals surface area contributed by atoms with E-state index in [1.165, 1.54) is 12.1 Å². The van der Waals surface area contributed by atoms with Crippen LogP contribution in [0.25, 0.3) is 5.57 Å². The highest BCUT2D eigenvalue weighted by Crippen LogP contribution is 2.28. The minimum Gasteiger partial charge on any atom is -0.484 e. The lowest BCUT2D eigenvalue weighted by atomic mass is 9.91. The molecule has 3 rings (SSSR count). The third-order valence-corrected chi connectivity index (χ3v) is 4.64. The van der Waals surface area contributed by atoms with E-state index < -0.39 is 5.82 Å². The third-order valence-electron chi connectivity index (χ3n) is 4.64. The summed E-state index contributed by atoms with van der Waals surface area (Å²) in [4.78, 5) is 18.2. The maximum absolute atomic E-state index is 13.8. The zero-order chi connectivity index (χ0) is 21.0. The summed E-state index contributed by atoms with van der Waals surface area (Å²) in [7, 11) is 0. The fraction of sp³-hybridized carbons (Fsp3) is 0.364. The molecule has 1 aromatic heterocycles. The molecule has 0 bridgehead atoms. The number of amides is 1.